The van der Waals surface area contributed by atoms with Crippen LogP contribution in [0.15, 0.2) is 23.7 Å². The second-order valence-corrected chi connectivity index (χ2v) is 5.35. The third kappa shape index (κ3) is 2.36. The Morgan fingerprint density at radius 2 is 2.24 bits per heavy atom. The maximum Gasteiger partial charge on any atom is 0.358 e. The number of carbonyl (C=O) groups is 1. The Balaban J connectivity index is 2.07. The summed E-state index contributed by atoms with van der Waals surface area (Å²) in [6.45, 7) is 3.87. The second-order valence-electron chi connectivity index (χ2n) is 4.48. The van der Waals surface area contributed by atoms with E-state index in [1.54, 1.807) is 17.6 Å². The van der Waals surface area contributed by atoms with Crippen molar-refractivity contribution in [2.45, 2.75) is 20.3 Å². The number of thiazole rings is 1. The summed E-state index contributed by atoms with van der Waals surface area (Å²) in [7, 11) is 0. The first-order valence-electron chi connectivity index (χ1n) is 6.43. The van der Waals surface area contributed by atoms with Crippen molar-refractivity contribution in [2.24, 2.45) is 0 Å². The first kappa shape index (κ1) is 13.6. The number of imidazole rings is 1. The van der Waals surface area contributed by atoms with Crippen molar-refractivity contribution in [3.8, 4) is 11.6 Å². The number of fused-ring (bicyclic) bond motifs is 1. The molecule has 0 aliphatic heterocycles. The molecule has 0 saturated carbocycles. The van der Waals surface area contributed by atoms with E-state index >= 15 is 0 Å². The summed E-state index contributed by atoms with van der Waals surface area (Å²) in [6.07, 6.45) is 2.36. The van der Waals surface area contributed by atoms with Crippen LogP contribution in [0.3, 0.4) is 0 Å². The van der Waals surface area contributed by atoms with E-state index in [0.29, 0.717) is 17.1 Å². The second kappa shape index (κ2) is 5.17. The van der Waals surface area contributed by atoms with Crippen molar-refractivity contribution in [1.82, 2.24) is 14.4 Å². The zero-order valence-electron chi connectivity index (χ0n) is 11.5. The molecule has 0 radical (unpaired) electrons. The summed E-state index contributed by atoms with van der Waals surface area (Å²) in [6, 6.07) is 3.62. The highest BCUT2D eigenvalue weighted by Gasteiger charge is 2.22. The number of aryl methyl sites for hydroxylation is 2. The smallest absolute Gasteiger partial charge is 0.358 e. The van der Waals surface area contributed by atoms with E-state index in [2.05, 4.69) is 9.97 Å². The van der Waals surface area contributed by atoms with E-state index in [0.717, 1.165) is 11.4 Å². The van der Waals surface area contributed by atoms with Gasteiger partial charge in [-0.05, 0) is 25.5 Å². The number of ether oxygens (including phenoxy) is 1. The molecular formula is C14H13N3O3S. The molecule has 7 heteroatoms. The van der Waals surface area contributed by atoms with Crippen LogP contribution in [0.5, 0.6) is 11.6 Å². The van der Waals surface area contributed by atoms with Crippen LogP contribution in [-0.4, -0.2) is 25.4 Å². The molecule has 0 unspecified atom stereocenters. The van der Waals surface area contributed by atoms with Crippen LogP contribution in [0.2, 0.25) is 0 Å². The van der Waals surface area contributed by atoms with E-state index in [-0.39, 0.29) is 11.6 Å². The number of nitrogens with zero attached hydrogens (tertiary/aromatic N) is 3. The quantitative estimate of drug-likeness (QED) is 0.801. The van der Waals surface area contributed by atoms with Crippen LogP contribution in [0.25, 0.3) is 4.96 Å². The Morgan fingerprint density at radius 1 is 1.43 bits per heavy atom. The fourth-order valence-electron chi connectivity index (χ4n) is 2.08. The Labute approximate surface area is 124 Å². The number of pyridine rings is 1. The lowest BCUT2D eigenvalue weighted by Gasteiger charge is -2.08. The highest BCUT2D eigenvalue weighted by Crippen LogP contribution is 2.29. The summed E-state index contributed by atoms with van der Waals surface area (Å²) in [5, 5.41) is 11.1. The van der Waals surface area contributed by atoms with Crippen molar-refractivity contribution >= 4 is 22.3 Å². The number of aromatic nitrogens is 3. The van der Waals surface area contributed by atoms with Gasteiger partial charge >= 0.3 is 5.97 Å². The zero-order valence-corrected chi connectivity index (χ0v) is 12.3. The van der Waals surface area contributed by atoms with Gasteiger partial charge in [-0.1, -0.05) is 6.92 Å². The number of hydrogen-bond acceptors (Lipinski definition) is 5. The molecule has 0 spiro atoms. The van der Waals surface area contributed by atoms with Crippen molar-refractivity contribution in [1.29, 1.82) is 0 Å². The third-order valence-electron chi connectivity index (χ3n) is 3.05. The minimum absolute atomic E-state index is 0.0221. The average Bonchev–Trinajstić information content (AvgIpc) is 3.00. The average molecular weight is 303 g/mol. The molecule has 0 amide bonds. The molecule has 0 bridgehead atoms. The largest absolute Gasteiger partial charge is 0.476 e. The Kier molecular flexibility index (Phi) is 3.34. The van der Waals surface area contributed by atoms with Crippen molar-refractivity contribution in [2.75, 3.05) is 0 Å². The number of rotatable bonds is 4. The minimum Gasteiger partial charge on any atom is -0.476 e. The van der Waals surface area contributed by atoms with Gasteiger partial charge in [-0.15, -0.1) is 11.3 Å². The molecule has 0 aliphatic rings. The highest BCUT2D eigenvalue weighted by molar-refractivity contribution is 7.15. The van der Waals surface area contributed by atoms with Gasteiger partial charge in [0.1, 0.15) is 0 Å². The third-order valence-corrected chi connectivity index (χ3v) is 3.80. The number of aromatic carboxylic acids is 1. The number of carboxylic acid groups (broad SMARTS) is 1. The molecule has 3 aromatic heterocycles. The summed E-state index contributed by atoms with van der Waals surface area (Å²) >= 11 is 1.36. The normalized spacial score (nSPS) is 11.0. The van der Waals surface area contributed by atoms with Crippen molar-refractivity contribution in [3.63, 3.8) is 0 Å². The van der Waals surface area contributed by atoms with Crippen LogP contribution >= 0.6 is 11.3 Å². The maximum absolute atomic E-state index is 11.4. The number of carboxylic acids is 1. The van der Waals surface area contributed by atoms with Gasteiger partial charge in [0.05, 0.1) is 5.69 Å². The van der Waals surface area contributed by atoms with Crippen LogP contribution < -0.4 is 4.74 Å². The monoisotopic (exact) mass is 303 g/mol. The van der Waals surface area contributed by atoms with Crippen LogP contribution in [0.1, 0.15) is 28.8 Å². The fourth-order valence-corrected chi connectivity index (χ4v) is 2.79. The maximum atomic E-state index is 11.4. The molecule has 0 atom stereocenters. The lowest BCUT2D eigenvalue weighted by Crippen LogP contribution is -2.04. The highest BCUT2D eigenvalue weighted by atomic mass is 32.1. The molecule has 6 nitrogen and oxygen atoms in total. The molecule has 108 valence electrons. The molecule has 0 fully saturated rings. The van der Waals surface area contributed by atoms with Gasteiger partial charge in [0.25, 0.3) is 5.88 Å². The topological polar surface area (TPSA) is 76.7 Å². The van der Waals surface area contributed by atoms with Gasteiger partial charge in [-0.25, -0.2) is 4.79 Å². The molecule has 3 heterocycles. The van der Waals surface area contributed by atoms with E-state index in [4.69, 9.17) is 4.74 Å². The lowest BCUT2D eigenvalue weighted by atomic mass is 10.2. The van der Waals surface area contributed by atoms with Crippen LogP contribution in [-0.2, 0) is 6.42 Å². The van der Waals surface area contributed by atoms with Gasteiger partial charge in [0.2, 0.25) is 0 Å². The Bertz CT molecular complexity index is 822. The molecule has 3 rings (SSSR count). The fraction of sp³-hybridized carbons (Fsp3) is 0.214. The van der Waals surface area contributed by atoms with E-state index < -0.39 is 5.97 Å². The summed E-state index contributed by atoms with van der Waals surface area (Å²) < 4.78 is 7.23. The molecule has 3 aromatic rings. The Morgan fingerprint density at radius 3 is 2.95 bits per heavy atom. The van der Waals surface area contributed by atoms with E-state index in [1.807, 2.05) is 19.9 Å². The summed E-state index contributed by atoms with van der Waals surface area (Å²) in [4.78, 5) is 20.7. The van der Waals surface area contributed by atoms with Gasteiger partial charge in [-0.2, -0.15) is 4.98 Å². The van der Waals surface area contributed by atoms with E-state index in [1.165, 1.54) is 15.7 Å². The SMILES string of the molecule is CCc1nc(C)ccc1Oc1nc2sccn2c1C(=O)O. The summed E-state index contributed by atoms with van der Waals surface area (Å²) in [5.74, 6) is -0.444. The van der Waals surface area contributed by atoms with Crippen LogP contribution in [0.4, 0.5) is 0 Å². The van der Waals surface area contributed by atoms with Crippen molar-refractivity contribution in [3.05, 3.63) is 40.8 Å². The molecule has 1 N–H and O–H groups in total. The molecule has 0 aliphatic carbocycles. The molecular weight excluding hydrogens is 290 g/mol. The lowest BCUT2D eigenvalue weighted by molar-refractivity contribution is 0.0686. The van der Waals surface area contributed by atoms with Crippen molar-refractivity contribution < 1.29 is 14.6 Å². The van der Waals surface area contributed by atoms with Crippen LogP contribution in [0, 0.1) is 6.92 Å². The molecule has 0 aromatic carbocycles. The Hall–Kier alpha value is -2.41. The summed E-state index contributed by atoms with van der Waals surface area (Å²) in [5.41, 5.74) is 1.69. The first-order valence-corrected chi connectivity index (χ1v) is 7.31. The first-order chi connectivity index (χ1) is 10.1. The van der Waals surface area contributed by atoms with E-state index in [9.17, 15) is 9.90 Å². The minimum atomic E-state index is -1.07. The number of hydrogen-bond donors (Lipinski definition) is 1. The zero-order chi connectivity index (χ0) is 15.0. The molecule has 21 heavy (non-hydrogen) atoms. The van der Waals surface area contributed by atoms with Gasteiger partial charge < -0.3 is 9.84 Å². The standard InChI is InChI=1S/C14H13N3O3S/c1-3-9-10(5-4-8(2)15-9)20-12-11(13(18)19)17-6-7-21-14(17)16-12/h4-7H,3H2,1-2H3,(H,18,19). The van der Waals surface area contributed by atoms with Gasteiger partial charge in [0.15, 0.2) is 16.4 Å². The van der Waals surface area contributed by atoms with Gasteiger partial charge in [-0.3, -0.25) is 9.38 Å². The predicted octanol–water partition coefficient (Wildman–Crippen LogP) is 3.15. The molecule has 0 saturated heterocycles. The van der Waals surface area contributed by atoms with Gasteiger partial charge in [0, 0.05) is 17.3 Å². The predicted molar refractivity (Wildman–Crippen MR) is 78.5 cm³/mol.